The quantitative estimate of drug-likeness (QED) is 0.187. The van der Waals surface area contributed by atoms with Gasteiger partial charge in [-0.25, -0.2) is 4.57 Å². The number of aryl methyl sites for hydroxylation is 1. The van der Waals surface area contributed by atoms with Crippen LogP contribution in [0.15, 0.2) is 79.4 Å². The predicted octanol–water partition coefficient (Wildman–Crippen LogP) is 7.27. The van der Waals surface area contributed by atoms with E-state index in [-0.39, 0.29) is 6.42 Å². The lowest BCUT2D eigenvalue weighted by Crippen LogP contribution is -2.32. The molecule has 0 aliphatic rings. The van der Waals surface area contributed by atoms with Crippen molar-refractivity contribution in [2.24, 2.45) is 0 Å². The van der Waals surface area contributed by atoms with Gasteiger partial charge in [0.25, 0.3) is 0 Å². The Morgan fingerprint density at radius 3 is 1.91 bits per heavy atom. The number of aromatic nitrogens is 2. The molecular formula is C31H41N2O2+. The Hall–Kier alpha value is -3.01. The van der Waals surface area contributed by atoms with Crippen LogP contribution in [0.5, 0.6) is 0 Å². The molecule has 0 saturated carbocycles. The summed E-state index contributed by atoms with van der Waals surface area (Å²) in [4.78, 5) is 14.9. The molecule has 2 aromatic heterocycles. The molecule has 1 N–H and O–H groups in total. The zero-order valence-electron chi connectivity index (χ0n) is 21.4. The summed E-state index contributed by atoms with van der Waals surface area (Å²) >= 11 is 0. The monoisotopic (exact) mass is 473 g/mol. The van der Waals surface area contributed by atoms with Crippen molar-refractivity contribution in [2.75, 3.05) is 0 Å². The van der Waals surface area contributed by atoms with Gasteiger partial charge in [-0.1, -0.05) is 44.2 Å². The first-order valence-corrected chi connectivity index (χ1v) is 13.3. The first kappa shape index (κ1) is 26.6. The third-order valence-corrected chi connectivity index (χ3v) is 7.27. The molecule has 3 rings (SSSR count). The van der Waals surface area contributed by atoms with Crippen LogP contribution in [0.1, 0.15) is 99.7 Å². The Balaban J connectivity index is 1.68. The predicted molar refractivity (Wildman–Crippen MR) is 141 cm³/mol. The minimum Gasteiger partial charge on any atom is -0.481 e. The second kappa shape index (κ2) is 14.4. The second-order valence-electron chi connectivity index (χ2n) is 9.64. The van der Waals surface area contributed by atoms with Crippen molar-refractivity contribution in [3.8, 4) is 0 Å². The van der Waals surface area contributed by atoms with Crippen molar-refractivity contribution >= 4 is 5.97 Å². The standard InChI is InChI=1S/C31H40N2O2/c1-3-25(27-11-7-5-8-12-27)23-30(28-14-18-32-19-15-28)24-26(4-2)29-16-21-33(22-17-29)20-10-6-9-13-31(34)35/h5,7-8,11-12,14-19,21-22,25-26,30H,3-4,6,9-10,13,20,23-24H2,1-2H3/p+1. The van der Waals surface area contributed by atoms with E-state index in [1.165, 1.54) is 16.7 Å². The molecule has 2 heterocycles. The molecule has 3 atom stereocenters. The molecule has 0 fully saturated rings. The summed E-state index contributed by atoms with van der Waals surface area (Å²) in [6.45, 7) is 5.54. The Bertz CT molecular complexity index is 990. The summed E-state index contributed by atoms with van der Waals surface area (Å²) < 4.78 is 2.22. The highest BCUT2D eigenvalue weighted by atomic mass is 16.4. The van der Waals surface area contributed by atoms with Crippen LogP contribution in [0.4, 0.5) is 0 Å². The molecule has 1 aromatic carbocycles. The average molecular weight is 474 g/mol. The number of nitrogens with zero attached hydrogens (tertiary/aromatic N) is 2. The first-order chi connectivity index (χ1) is 17.1. The molecule has 0 bridgehead atoms. The Morgan fingerprint density at radius 2 is 1.34 bits per heavy atom. The van der Waals surface area contributed by atoms with E-state index >= 15 is 0 Å². The van der Waals surface area contributed by atoms with Crippen molar-refractivity contribution in [2.45, 2.75) is 89.5 Å². The van der Waals surface area contributed by atoms with Gasteiger partial charge in [-0.15, -0.1) is 0 Å². The van der Waals surface area contributed by atoms with Crippen molar-refractivity contribution in [1.29, 1.82) is 0 Å². The van der Waals surface area contributed by atoms with Gasteiger partial charge in [0.15, 0.2) is 12.4 Å². The van der Waals surface area contributed by atoms with Crippen LogP contribution in [0.25, 0.3) is 0 Å². The minimum absolute atomic E-state index is 0.267. The largest absolute Gasteiger partial charge is 0.481 e. The van der Waals surface area contributed by atoms with Gasteiger partial charge < -0.3 is 5.11 Å². The number of pyridine rings is 2. The number of hydrogen-bond acceptors (Lipinski definition) is 2. The molecule has 4 heteroatoms. The van der Waals surface area contributed by atoms with Crippen LogP contribution in [0.2, 0.25) is 0 Å². The summed E-state index contributed by atoms with van der Waals surface area (Å²) in [5, 5.41) is 8.78. The smallest absolute Gasteiger partial charge is 0.303 e. The number of carboxylic acids is 1. The van der Waals surface area contributed by atoms with Gasteiger partial charge in [-0.2, -0.15) is 0 Å². The lowest BCUT2D eigenvalue weighted by Gasteiger charge is -2.27. The Kier molecular flexibility index (Phi) is 10.9. The van der Waals surface area contributed by atoms with Crippen LogP contribution in [0.3, 0.4) is 0 Å². The minimum atomic E-state index is -0.702. The molecule has 3 aromatic rings. The number of aliphatic carboxylic acids is 1. The van der Waals surface area contributed by atoms with E-state index in [1.807, 2.05) is 12.4 Å². The number of unbranched alkanes of at least 4 members (excludes halogenated alkanes) is 2. The summed E-state index contributed by atoms with van der Waals surface area (Å²) in [5.41, 5.74) is 4.23. The lowest BCUT2D eigenvalue weighted by molar-refractivity contribution is -0.697. The molecule has 0 spiro atoms. The van der Waals surface area contributed by atoms with Crippen molar-refractivity contribution < 1.29 is 14.5 Å². The summed E-state index contributed by atoms with van der Waals surface area (Å²) in [5.74, 6) is 0.832. The zero-order chi connectivity index (χ0) is 24.9. The van der Waals surface area contributed by atoms with E-state index in [1.54, 1.807) is 0 Å². The third-order valence-electron chi connectivity index (χ3n) is 7.27. The van der Waals surface area contributed by atoms with E-state index < -0.39 is 5.97 Å². The average Bonchev–Trinajstić information content (AvgIpc) is 2.90. The van der Waals surface area contributed by atoms with E-state index in [0.717, 1.165) is 51.5 Å². The second-order valence-corrected chi connectivity index (χ2v) is 9.64. The fraction of sp³-hybridized carbons (Fsp3) is 0.452. The molecule has 0 aliphatic heterocycles. The fourth-order valence-electron chi connectivity index (χ4n) is 5.13. The zero-order valence-corrected chi connectivity index (χ0v) is 21.4. The molecule has 3 unspecified atom stereocenters. The van der Waals surface area contributed by atoms with Crippen LogP contribution in [0, 0.1) is 0 Å². The Labute approximate surface area is 211 Å². The van der Waals surface area contributed by atoms with E-state index in [0.29, 0.717) is 17.8 Å². The lowest BCUT2D eigenvalue weighted by atomic mass is 9.77. The fourth-order valence-corrected chi connectivity index (χ4v) is 5.13. The Morgan fingerprint density at radius 1 is 0.771 bits per heavy atom. The normalized spacial score (nSPS) is 13.8. The molecule has 186 valence electrons. The van der Waals surface area contributed by atoms with Gasteiger partial charge in [-0.3, -0.25) is 9.78 Å². The van der Waals surface area contributed by atoms with Crippen LogP contribution >= 0.6 is 0 Å². The molecule has 0 aliphatic carbocycles. The summed E-state index contributed by atoms with van der Waals surface area (Å²) in [6.07, 6.45) is 15.7. The van der Waals surface area contributed by atoms with Crippen LogP contribution < -0.4 is 4.57 Å². The van der Waals surface area contributed by atoms with Crippen molar-refractivity contribution in [1.82, 2.24) is 4.98 Å². The number of rotatable bonds is 15. The van der Waals surface area contributed by atoms with Gasteiger partial charge in [0.2, 0.25) is 0 Å². The van der Waals surface area contributed by atoms with Crippen LogP contribution in [-0.4, -0.2) is 16.1 Å². The maximum absolute atomic E-state index is 10.7. The van der Waals surface area contributed by atoms with E-state index in [9.17, 15) is 4.79 Å². The van der Waals surface area contributed by atoms with Gasteiger partial charge in [0, 0.05) is 37.4 Å². The maximum Gasteiger partial charge on any atom is 0.303 e. The number of carboxylic acid groups (broad SMARTS) is 1. The molecule has 35 heavy (non-hydrogen) atoms. The van der Waals surface area contributed by atoms with Gasteiger partial charge >= 0.3 is 5.97 Å². The first-order valence-electron chi connectivity index (χ1n) is 13.3. The third kappa shape index (κ3) is 8.61. The van der Waals surface area contributed by atoms with Gasteiger partial charge in [0.05, 0.1) is 0 Å². The van der Waals surface area contributed by atoms with Crippen molar-refractivity contribution in [3.05, 3.63) is 96.1 Å². The highest BCUT2D eigenvalue weighted by molar-refractivity contribution is 5.66. The highest BCUT2D eigenvalue weighted by Crippen LogP contribution is 2.39. The number of carbonyl (C=O) groups is 1. The summed E-state index contributed by atoms with van der Waals surface area (Å²) in [7, 11) is 0. The van der Waals surface area contributed by atoms with Gasteiger partial charge in [0.1, 0.15) is 6.54 Å². The maximum atomic E-state index is 10.7. The number of hydrogen-bond donors (Lipinski definition) is 1. The summed E-state index contributed by atoms with van der Waals surface area (Å²) in [6, 6.07) is 19.9. The van der Waals surface area contributed by atoms with E-state index in [4.69, 9.17) is 5.11 Å². The molecule has 0 amide bonds. The van der Waals surface area contributed by atoms with Crippen molar-refractivity contribution in [3.63, 3.8) is 0 Å². The van der Waals surface area contributed by atoms with Gasteiger partial charge in [-0.05, 0) is 85.1 Å². The topological polar surface area (TPSA) is 54.1 Å². The molecule has 0 saturated heterocycles. The molecular weight excluding hydrogens is 432 g/mol. The molecule has 4 nitrogen and oxygen atoms in total. The van der Waals surface area contributed by atoms with E-state index in [2.05, 4.69) is 90.4 Å². The van der Waals surface area contributed by atoms with Crippen LogP contribution in [-0.2, 0) is 11.3 Å². The highest BCUT2D eigenvalue weighted by Gasteiger charge is 2.23. The number of benzene rings is 1. The SMILES string of the molecule is CCC(CC(CC(CC)c1cc[n+](CCCCCC(=O)O)cc1)c1ccncc1)c1ccccc1. The molecule has 0 radical (unpaired) electrons.